The Hall–Kier alpha value is -3.40. The summed E-state index contributed by atoms with van der Waals surface area (Å²) in [6.45, 7) is 0.317. The van der Waals surface area contributed by atoms with Crippen molar-refractivity contribution in [3.05, 3.63) is 51.2 Å². The minimum Gasteiger partial charge on any atom is -0.341 e. The number of carbonyl (C=O) groups is 4. The summed E-state index contributed by atoms with van der Waals surface area (Å²) < 4.78 is 0. The highest BCUT2D eigenvalue weighted by atomic mass is 32.1. The average molecular weight is 522 g/mol. The molecule has 0 unspecified atom stereocenters. The standard InChI is InChI=1S/C27H31N5O4S/c1-28-25(35)29-19-4-5-20-17(12-19)8-10-27(20)13-23(33)32(26(36)30-27)15-24(34)31-14-18-9-11-37-22(18)7-6-21(31)16-2-3-16/h4-5,9,11-12,16,21H,2-3,6-8,10,13-15H2,1H3,(H,30,36)(H2,28,29,35)/t21-,27+/m0/s1. The summed E-state index contributed by atoms with van der Waals surface area (Å²) in [7, 11) is 1.55. The fourth-order valence-corrected chi connectivity index (χ4v) is 7.13. The van der Waals surface area contributed by atoms with Crippen molar-refractivity contribution < 1.29 is 19.2 Å². The summed E-state index contributed by atoms with van der Waals surface area (Å²) >= 11 is 1.74. The molecule has 0 bridgehead atoms. The van der Waals surface area contributed by atoms with E-state index in [1.165, 1.54) is 10.4 Å². The summed E-state index contributed by atoms with van der Waals surface area (Å²) in [5.74, 6) is 0.0311. The molecule has 1 spiro atoms. The molecule has 6 rings (SSSR count). The number of nitrogens with zero attached hydrogens (tertiary/aromatic N) is 2. The van der Waals surface area contributed by atoms with E-state index in [1.54, 1.807) is 24.5 Å². The van der Waals surface area contributed by atoms with Crippen molar-refractivity contribution in [2.45, 2.75) is 63.1 Å². The molecule has 2 aliphatic heterocycles. The minimum atomic E-state index is -0.778. The van der Waals surface area contributed by atoms with Crippen molar-refractivity contribution >= 4 is 40.9 Å². The van der Waals surface area contributed by atoms with Gasteiger partial charge in [0, 0.05) is 30.2 Å². The largest absolute Gasteiger partial charge is 0.341 e. The highest BCUT2D eigenvalue weighted by Crippen LogP contribution is 2.43. The van der Waals surface area contributed by atoms with Crippen LogP contribution in [0.2, 0.25) is 0 Å². The first kappa shape index (κ1) is 24.0. The van der Waals surface area contributed by atoms with Crippen LogP contribution in [0.1, 0.15) is 53.7 Å². The molecule has 1 aromatic carbocycles. The van der Waals surface area contributed by atoms with Gasteiger partial charge in [0.05, 0.1) is 12.0 Å². The van der Waals surface area contributed by atoms with E-state index >= 15 is 0 Å². The average Bonchev–Trinajstić information content (AvgIpc) is 3.58. The van der Waals surface area contributed by atoms with Gasteiger partial charge < -0.3 is 20.9 Å². The van der Waals surface area contributed by atoms with Crippen LogP contribution in [0.3, 0.4) is 0 Å². The van der Waals surface area contributed by atoms with Crippen LogP contribution in [-0.4, -0.2) is 53.3 Å². The topological polar surface area (TPSA) is 111 Å². The number of urea groups is 2. The second-order valence-electron chi connectivity index (χ2n) is 10.6. The number of rotatable bonds is 4. The van der Waals surface area contributed by atoms with Gasteiger partial charge in [-0.15, -0.1) is 11.3 Å². The van der Waals surface area contributed by atoms with Crippen LogP contribution in [-0.2, 0) is 34.5 Å². The van der Waals surface area contributed by atoms with Crippen LogP contribution in [0, 0.1) is 5.92 Å². The Kier molecular flexibility index (Phi) is 5.94. The first-order valence-electron chi connectivity index (χ1n) is 13.0. The fourth-order valence-electron chi connectivity index (χ4n) is 6.21. The van der Waals surface area contributed by atoms with Gasteiger partial charge >= 0.3 is 12.1 Å². The lowest BCUT2D eigenvalue weighted by Crippen LogP contribution is -2.61. The number of aryl methyl sites for hydroxylation is 2. The fraction of sp³-hybridized carbons (Fsp3) is 0.481. The quantitative estimate of drug-likeness (QED) is 0.573. The van der Waals surface area contributed by atoms with Crippen LogP contribution >= 0.6 is 11.3 Å². The Morgan fingerprint density at radius 2 is 1.97 bits per heavy atom. The lowest BCUT2D eigenvalue weighted by Gasteiger charge is -2.40. The smallest absolute Gasteiger partial charge is 0.325 e. The van der Waals surface area contributed by atoms with Gasteiger partial charge in [0.2, 0.25) is 11.8 Å². The summed E-state index contributed by atoms with van der Waals surface area (Å²) in [6, 6.07) is 6.98. The van der Waals surface area contributed by atoms with Gasteiger partial charge in [0.25, 0.3) is 0 Å². The van der Waals surface area contributed by atoms with E-state index in [9.17, 15) is 19.2 Å². The Labute approximate surface area is 219 Å². The normalized spacial score (nSPS) is 24.8. The van der Waals surface area contributed by atoms with E-state index in [0.29, 0.717) is 31.0 Å². The molecule has 37 heavy (non-hydrogen) atoms. The number of nitrogens with one attached hydrogen (secondary N) is 3. The number of anilines is 1. The van der Waals surface area contributed by atoms with Crippen molar-refractivity contribution in [2.24, 2.45) is 5.92 Å². The molecule has 4 aliphatic rings. The number of benzene rings is 1. The van der Waals surface area contributed by atoms with Crippen LogP contribution in [0.25, 0.3) is 0 Å². The molecule has 1 aromatic heterocycles. The zero-order valence-electron chi connectivity index (χ0n) is 20.8. The van der Waals surface area contributed by atoms with Crippen molar-refractivity contribution in [1.29, 1.82) is 0 Å². The Balaban J connectivity index is 1.17. The van der Waals surface area contributed by atoms with Crippen molar-refractivity contribution in [1.82, 2.24) is 20.4 Å². The maximum Gasteiger partial charge on any atom is 0.325 e. The van der Waals surface area contributed by atoms with Gasteiger partial charge in [0.1, 0.15) is 6.54 Å². The van der Waals surface area contributed by atoms with Gasteiger partial charge in [-0.1, -0.05) is 6.07 Å². The molecule has 10 heteroatoms. The third-order valence-electron chi connectivity index (χ3n) is 8.30. The van der Waals surface area contributed by atoms with Gasteiger partial charge in [-0.25, -0.2) is 9.59 Å². The molecule has 0 radical (unpaired) electrons. The third-order valence-corrected chi connectivity index (χ3v) is 9.32. The molecule has 2 atom stereocenters. The van der Waals surface area contributed by atoms with Crippen molar-refractivity contribution in [2.75, 3.05) is 18.9 Å². The van der Waals surface area contributed by atoms with Crippen molar-refractivity contribution in [3.63, 3.8) is 0 Å². The molecule has 194 valence electrons. The molecular weight excluding hydrogens is 490 g/mol. The lowest BCUT2D eigenvalue weighted by atomic mass is 9.86. The van der Waals surface area contributed by atoms with Gasteiger partial charge in [-0.2, -0.15) is 0 Å². The van der Waals surface area contributed by atoms with E-state index < -0.39 is 11.6 Å². The summed E-state index contributed by atoms with van der Waals surface area (Å²) in [6.07, 6.45) is 5.57. The van der Waals surface area contributed by atoms with E-state index in [4.69, 9.17) is 0 Å². The van der Waals surface area contributed by atoms with Crippen LogP contribution in [0.4, 0.5) is 15.3 Å². The second-order valence-corrected chi connectivity index (χ2v) is 11.6. The predicted molar refractivity (Wildman–Crippen MR) is 139 cm³/mol. The zero-order chi connectivity index (χ0) is 25.7. The number of carbonyl (C=O) groups excluding carboxylic acids is 4. The molecule has 2 aromatic rings. The number of hydrogen-bond acceptors (Lipinski definition) is 5. The highest BCUT2D eigenvalue weighted by molar-refractivity contribution is 7.10. The minimum absolute atomic E-state index is 0.113. The van der Waals surface area contributed by atoms with E-state index in [2.05, 4.69) is 27.4 Å². The van der Waals surface area contributed by atoms with E-state index in [-0.39, 0.29) is 36.9 Å². The van der Waals surface area contributed by atoms with Gasteiger partial charge in [-0.05, 0) is 84.7 Å². The zero-order valence-corrected chi connectivity index (χ0v) is 21.7. The number of imide groups is 1. The molecule has 2 fully saturated rings. The maximum absolute atomic E-state index is 13.6. The molecule has 2 aliphatic carbocycles. The van der Waals surface area contributed by atoms with Gasteiger partial charge in [0.15, 0.2) is 0 Å². The van der Waals surface area contributed by atoms with E-state index in [0.717, 1.165) is 41.7 Å². The summed E-state index contributed by atoms with van der Waals surface area (Å²) in [5, 5.41) is 10.4. The highest BCUT2D eigenvalue weighted by Gasteiger charge is 2.49. The first-order valence-corrected chi connectivity index (χ1v) is 13.8. The number of thiophene rings is 1. The molecule has 3 heterocycles. The Bertz CT molecular complexity index is 1270. The first-order chi connectivity index (χ1) is 17.9. The second kappa shape index (κ2) is 9.16. The molecule has 1 saturated heterocycles. The molecule has 6 amide bonds. The molecule has 1 saturated carbocycles. The molecule has 9 nitrogen and oxygen atoms in total. The lowest BCUT2D eigenvalue weighted by molar-refractivity contribution is -0.142. The van der Waals surface area contributed by atoms with Crippen LogP contribution < -0.4 is 16.0 Å². The Morgan fingerprint density at radius 1 is 1.14 bits per heavy atom. The SMILES string of the molecule is CNC(=O)Nc1ccc2c(c1)CC[C@@]21CC(=O)N(CC(=O)N2Cc3ccsc3CC[C@H]2C2CC2)C(=O)N1. The summed E-state index contributed by atoms with van der Waals surface area (Å²) in [5.41, 5.74) is 2.96. The predicted octanol–water partition coefficient (Wildman–Crippen LogP) is 3.34. The van der Waals surface area contributed by atoms with Crippen molar-refractivity contribution in [3.8, 4) is 0 Å². The number of fused-ring (bicyclic) bond motifs is 3. The molecule has 3 N–H and O–H groups in total. The monoisotopic (exact) mass is 521 g/mol. The third kappa shape index (κ3) is 4.37. The number of hydrogen-bond donors (Lipinski definition) is 3. The maximum atomic E-state index is 13.6. The van der Waals surface area contributed by atoms with Crippen LogP contribution in [0.15, 0.2) is 29.6 Å². The van der Waals surface area contributed by atoms with E-state index in [1.807, 2.05) is 17.0 Å². The number of amides is 6. The van der Waals surface area contributed by atoms with Gasteiger partial charge in [-0.3, -0.25) is 14.5 Å². The summed E-state index contributed by atoms with van der Waals surface area (Å²) in [4.78, 5) is 56.2. The Morgan fingerprint density at radius 3 is 2.73 bits per heavy atom. The van der Waals surface area contributed by atoms with Crippen LogP contribution in [0.5, 0.6) is 0 Å². The molecular formula is C27H31N5O4S.